The van der Waals surface area contributed by atoms with E-state index in [0.717, 1.165) is 16.7 Å². The molecule has 31 heavy (non-hydrogen) atoms. The molecule has 0 amide bonds. The molecule has 0 spiro atoms. The molecule has 9 nitrogen and oxygen atoms in total. The number of carbonyl (C=O) groups is 1. The Labute approximate surface area is 184 Å². The number of benzene rings is 1. The topological polar surface area (TPSA) is 99.3 Å². The molecule has 2 aliphatic heterocycles. The lowest BCUT2D eigenvalue weighted by molar-refractivity contribution is -0.711. The van der Waals surface area contributed by atoms with Crippen LogP contribution in [0.15, 0.2) is 35.7 Å². The molecule has 4 rings (SSSR count). The fourth-order valence-corrected chi connectivity index (χ4v) is 3.98. The first-order chi connectivity index (χ1) is 15.0. The Bertz CT molecular complexity index is 998. The number of esters is 1. The molecular weight excluding hydrogens is 424 g/mol. The lowest BCUT2D eigenvalue weighted by atomic mass is 10.0. The second kappa shape index (κ2) is 9.07. The van der Waals surface area contributed by atoms with Crippen LogP contribution in [0.5, 0.6) is 5.75 Å². The van der Waals surface area contributed by atoms with E-state index in [9.17, 15) is 10.0 Å². The van der Waals surface area contributed by atoms with Crippen LogP contribution < -0.4 is 4.74 Å². The summed E-state index contributed by atoms with van der Waals surface area (Å²) in [6.45, 7) is 4.44. The largest absolute Gasteiger partial charge is 0.569 e. The second-order valence-corrected chi connectivity index (χ2v) is 7.78. The highest BCUT2D eigenvalue weighted by molar-refractivity contribution is 6.30. The molecule has 3 heterocycles. The van der Waals surface area contributed by atoms with Gasteiger partial charge in [0.1, 0.15) is 12.7 Å². The van der Waals surface area contributed by atoms with Crippen LogP contribution in [0.4, 0.5) is 0 Å². The molecule has 2 aliphatic rings. The summed E-state index contributed by atoms with van der Waals surface area (Å²) >= 11 is 5.99. The monoisotopic (exact) mass is 446 g/mol. The summed E-state index contributed by atoms with van der Waals surface area (Å²) < 4.78 is 11.7. The zero-order valence-corrected chi connectivity index (χ0v) is 18.0. The Kier molecular flexibility index (Phi) is 6.24. The molecule has 2 aromatic rings. The van der Waals surface area contributed by atoms with Crippen LogP contribution in [0, 0.1) is 12.1 Å². The molecule has 0 saturated carbocycles. The van der Waals surface area contributed by atoms with Gasteiger partial charge in [-0.05, 0) is 44.4 Å². The summed E-state index contributed by atoms with van der Waals surface area (Å²) in [6.07, 6.45) is 2.59. The van der Waals surface area contributed by atoms with E-state index < -0.39 is 12.0 Å². The molecule has 1 aromatic heterocycles. The minimum Gasteiger partial charge on any atom is -0.569 e. The van der Waals surface area contributed by atoms with Gasteiger partial charge in [-0.15, -0.1) is 5.01 Å². The summed E-state index contributed by atoms with van der Waals surface area (Å²) in [5.41, 5.74) is 3.14. The molecule has 10 heteroatoms. The Morgan fingerprint density at radius 2 is 2.19 bits per heavy atom. The van der Waals surface area contributed by atoms with Gasteiger partial charge in [0.2, 0.25) is 5.28 Å². The van der Waals surface area contributed by atoms with Gasteiger partial charge in [-0.2, -0.15) is 0 Å². The summed E-state index contributed by atoms with van der Waals surface area (Å²) in [4.78, 5) is 22.5. The number of halogens is 1. The van der Waals surface area contributed by atoms with Crippen molar-refractivity contribution in [1.29, 1.82) is 0 Å². The maximum Gasteiger partial charge on any atom is 0.340 e. The van der Waals surface area contributed by atoms with Crippen molar-refractivity contribution in [3.8, 4) is 5.75 Å². The normalized spacial score (nSPS) is 20.6. The van der Waals surface area contributed by atoms with E-state index in [-0.39, 0.29) is 19.3 Å². The molecule has 0 aliphatic carbocycles. The van der Waals surface area contributed by atoms with Gasteiger partial charge in [-0.3, -0.25) is 4.98 Å². The third-order valence-electron chi connectivity index (χ3n) is 5.37. The predicted octanol–water partition coefficient (Wildman–Crippen LogP) is 3.86. The summed E-state index contributed by atoms with van der Waals surface area (Å²) in [5.74, 6) is -0.150. The average molecular weight is 447 g/mol. The quantitative estimate of drug-likeness (QED) is 0.287. The van der Waals surface area contributed by atoms with E-state index in [2.05, 4.69) is 10.3 Å². The van der Waals surface area contributed by atoms with Crippen molar-refractivity contribution in [2.75, 3.05) is 13.2 Å². The maximum atomic E-state index is 12.9. The number of aryl methyl sites for hydroxylation is 1. The lowest BCUT2D eigenvalue weighted by Gasteiger charge is -2.20. The van der Waals surface area contributed by atoms with Crippen molar-refractivity contribution < 1.29 is 24.1 Å². The minimum atomic E-state index is -0.744. The van der Waals surface area contributed by atoms with Crippen molar-refractivity contribution in [1.82, 2.24) is 9.99 Å². The fraction of sp³-hybridized carbons (Fsp3) is 0.429. The molecule has 0 radical (unpaired) electrons. The van der Waals surface area contributed by atoms with E-state index in [1.807, 2.05) is 12.1 Å². The Balaban J connectivity index is 1.57. The number of hydrogen-bond acceptors (Lipinski definition) is 7. The lowest BCUT2D eigenvalue weighted by Crippen LogP contribution is -2.42. The van der Waals surface area contributed by atoms with E-state index in [1.54, 1.807) is 32.2 Å². The average Bonchev–Trinajstić information content (AvgIpc) is 3.42. The van der Waals surface area contributed by atoms with Crippen molar-refractivity contribution >= 4 is 17.6 Å². The maximum absolute atomic E-state index is 12.9. The highest BCUT2D eigenvalue weighted by Gasteiger charge is 2.40. The van der Waals surface area contributed by atoms with E-state index in [4.69, 9.17) is 25.9 Å². The van der Waals surface area contributed by atoms with Crippen molar-refractivity contribution in [2.45, 2.75) is 45.4 Å². The highest BCUT2D eigenvalue weighted by Crippen LogP contribution is 2.41. The molecule has 1 fully saturated rings. The van der Waals surface area contributed by atoms with E-state index >= 15 is 0 Å². The van der Waals surface area contributed by atoms with Crippen molar-refractivity contribution in [3.63, 3.8) is 0 Å². The van der Waals surface area contributed by atoms with Crippen LogP contribution in [-0.2, 0) is 21.0 Å². The highest BCUT2D eigenvalue weighted by atomic mass is 35.5. The smallest absolute Gasteiger partial charge is 0.340 e. The van der Waals surface area contributed by atoms with E-state index in [1.165, 1.54) is 5.01 Å². The zero-order valence-electron chi connectivity index (χ0n) is 17.3. The van der Waals surface area contributed by atoms with Crippen molar-refractivity contribution in [3.05, 3.63) is 63.1 Å². The van der Waals surface area contributed by atoms with Gasteiger partial charge in [0.05, 0.1) is 23.8 Å². The third-order valence-corrected chi connectivity index (χ3v) is 5.63. The minimum absolute atomic E-state index is 0.261. The van der Waals surface area contributed by atoms with Crippen LogP contribution in [-0.4, -0.2) is 40.1 Å². The number of pyridine rings is 1. The molecule has 0 bridgehead atoms. The molecule has 0 N–H and O–H groups in total. The van der Waals surface area contributed by atoms with Crippen LogP contribution >= 0.6 is 11.6 Å². The Hall–Kier alpha value is -2.91. The molecule has 1 aromatic carbocycles. The molecule has 2 atom stereocenters. The van der Waals surface area contributed by atoms with Crippen LogP contribution in [0.25, 0.3) is 0 Å². The third kappa shape index (κ3) is 4.28. The van der Waals surface area contributed by atoms with Gasteiger partial charge in [-0.25, -0.2) is 4.79 Å². The van der Waals surface area contributed by atoms with Gasteiger partial charge in [-0.1, -0.05) is 23.7 Å². The first-order valence-corrected chi connectivity index (χ1v) is 10.5. The van der Waals surface area contributed by atoms with Crippen LogP contribution in [0.1, 0.15) is 48.3 Å². The van der Waals surface area contributed by atoms with Gasteiger partial charge in [0.25, 0.3) is 0 Å². The number of ether oxygens (including phenoxy) is 2. The number of carbonyl (C=O) groups excluding carboxylic acids is 1. The van der Waals surface area contributed by atoms with Crippen molar-refractivity contribution in [2.24, 2.45) is 5.28 Å². The number of nitrogens with zero attached hydrogens (tertiary/aromatic N) is 4. The number of hydrogen-bond donors (Lipinski definition) is 0. The fourth-order valence-electron chi connectivity index (χ4n) is 3.85. The Morgan fingerprint density at radius 1 is 1.42 bits per heavy atom. The summed E-state index contributed by atoms with van der Waals surface area (Å²) in [6, 6.07) is 6.66. The number of aromatic nitrogens is 1. The second-order valence-electron chi connectivity index (χ2n) is 7.34. The number of hydrazine groups is 1. The molecule has 0 unspecified atom stereocenters. The molecule has 1 saturated heterocycles. The molecule has 164 valence electrons. The summed E-state index contributed by atoms with van der Waals surface area (Å²) in [5, 5.41) is 17.5. The molecular formula is C21H23ClN4O5. The SMILES string of the molecule is CCO/N=[N+](\[O-])N1CCC[C@H]1C(=O)Oc1c(C)ncc2c1CO[C@H]2c1ccc(Cl)cc1. The predicted molar refractivity (Wildman–Crippen MR) is 110 cm³/mol. The van der Waals surface area contributed by atoms with Crippen LogP contribution in [0.3, 0.4) is 0 Å². The van der Waals surface area contributed by atoms with E-state index in [0.29, 0.717) is 40.8 Å². The van der Waals surface area contributed by atoms with Gasteiger partial charge in [0.15, 0.2) is 11.8 Å². The van der Waals surface area contributed by atoms with Gasteiger partial charge >= 0.3 is 5.97 Å². The zero-order chi connectivity index (χ0) is 22.0. The van der Waals surface area contributed by atoms with Gasteiger partial charge < -0.3 is 19.5 Å². The number of fused-ring (bicyclic) bond motifs is 1. The first-order valence-electron chi connectivity index (χ1n) is 10.1. The summed E-state index contributed by atoms with van der Waals surface area (Å²) in [7, 11) is 0. The van der Waals surface area contributed by atoms with Gasteiger partial charge in [0, 0.05) is 22.3 Å². The standard InChI is InChI=1S/C21H23ClN4O5/c1-3-30-24-26(28)25-10-4-5-18(25)21(27)31-19-13(2)23-11-16-17(19)12-29-20(16)14-6-8-15(22)9-7-14/h6-9,11,18,20H,3-5,10,12H2,1-2H3/b26-24-/t18-,20-/m0/s1. The number of rotatable bonds is 6. The first kappa shape index (κ1) is 21.3. The van der Waals surface area contributed by atoms with Crippen LogP contribution in [0.2, 0.25) is 5.02 Å². The Morgan fingerprint density at radius 3 is 2.94 bits per heavy atom.